The second-order valence-electron chi connectivity index (χ2n) is 3.00. The molecule has 2 aliphatic heterocycles. The predicted octanol–water partition coefficient (Wildman–Crippen LogP) is -0.494. The average molecular weight is 160 g/mol. The van der Waals surface area contributed by atoms with Crippen molar-refractivity contribution in [2.24, 2.45) is 0 Å². The largest absolute Gasteiger partial charge is 0.388 e. The number of rotatable bonds is 1. The van der Waals surface area contributed by atoms with E-state index in [4.69, 9.17) is 14.2 Å². The molecule has 0 radical (unpaired) electrons. The molecule has 0 aromatic rings. The maximum absolute atomic E-state index is 9.40. The maximum atomic E-state index is 9.40. The molecule has 0 aromatic heterocycles. The number of hydrogen-bond donors (Lipinski definition) is 1. The van der Waals surface area contributed by atoms with Crippen molar-refractivity contribution in [3.8, 4) is 0 Å². The Hall–Kier alpha value is -0.160. The van der Waals surface area contributed by atoms with Gasteiger partial charge < -0.3 is 19.3 Å². The van der Waals surface area contributed by atoms with Gasteiger partial charge in [-0.15, -0.1) is 0 Å². The third kappa shape index (κ3) is 1.06. The van der Waals surface area contributed by atoms with Crippen molar-refractivity contribution in [1.82, 2.24) is 0 Å². The molecular weight excluding hydrogens is 148 g/mol. The quantitative estimate of drug-likeness (QED) is 0.526. The maximum Gasteiger partial charge on any atom is 0.186 e. The number of aliphatic hydroxyl groups excluding tert-OH is 1. The van der Waals surface area contributed by atoms with Crippen molar-refractivity contribution in [3.05, 3.63) is 0 Å². The fraction of sp³-hybridized carbons (Fsp3) is 1.00. The first-order chi connectivity index (χ1) is 5.24. The zero-order chi connectivity index (χ0) is 8.01. The van der Waals surface area contributed by atoms with Crippen molar-refractivity contribution in [3.63, 3.8) is 0 Å². The Kier molecular flexibility index (Phi) is 1.64. The Bertz CT molecular complexity index is 157. The summed E-state index contributed by atoms with van der Waals surface area (Å²) in [6, 6.07) is 0. The van der Waals surface area contributed by atoms with Crippen molar-refractivity contribution in [1.29, 1.82) is 0 Å². The smallest absolute Gasteiger partial charge is 0.186 e. The zero-order valence-electron chi connectivity index (χ0n) is 6.56. The predicted molar refractivity (Wildman–Crippen MR) is 36.0 cm³/mol. The lowest BCUT2D eigenvalue weighted by Crippen LogP contribution is -2.43. The third-order valence-electron chi connectivity index (χ3n) is 2.23. The molecule has 64 valence electrons. The molecule has 4 nitrogen and oxygen atoms in total. The summed E-state index contributed by atoms with van der Waals surface area (Å²) in [7, 11) is 1.58. The van der Waals surface area contributed by atoms with Crippen LogP contribution < -0.4 is 0 Å². The van der Waals surface area contributed by atoms with Gasteiger partial charge in [-0.1, -0.05) is 0 Å². The van der Waals surface area contributed by atoms with Crippen molar-refractivity contribution < 1.29 is 19.3 Å². The SMILES string of the molecule is CO[C@@H]1O[C@@H](C)[C@H](O)[C@H]2O[C@@H]12. The summed E-state index contributed by atoms with van der Waals surface area (Å²) in [5, 5.41) is 9.40. The number of ether oxygens (including phenoxy) is 3. The summed E-state index contributed by atoms with van der Waals surface area (Å²) in [6.07, 6.45) is -1.09. The molecule has 0 bridgehead atoms. The molecule has 5 atom stereocenters. The lowest BCUT2D eigenvalue weighted by Gasteiger charge is -2.27. The minimum absolute atomic E-state index is 0.0498. The third-order valence-corrected chi connectivity index (χ3v) is 2.23. The van der Waals surface area contributed by atoms with Crippen LogP contribution in [0.2, 0.25) is 0 Å². The highest BCUT2D eigenvalue weighted by atomic mass is 16.7. The summed E-state index contributed by atoms with van der Waals surface area (Å²) >= 11 is 0. The van der Waals surface area contributed by atoms with E-state index in [2.05, 4.69) is 0 Å². The molecule has 2 aliphatic rings. The number of aliphatic hydroxyl groups is 1. The van der Waals surface area contributed by atoms with Crippen LogP contribution in [0.4, 0.5) is 0 Å². The van der Waals surface area contributed by atoms with Gasteiger partial charge in [0, 0.05) is 7.11 Å². The Morgan fingerprint density at radius 1 is 1.27 bits per heavy atom. The summed E-state index contributed by atoms with van der Waals surface area (Å²) < 4.78 is 15.5. The number of fused-ring (bicyclic) bond motifs is 1. The van der Waals surface area contributed by atoms with Gasteiger partial charge in [0.2, 0.25) is 0 Å². The Morgan fingerprint density at radius 2 is 2.00 bits per heavy atom. The molecule has 0 aromatic carbocycles. The summed E-state index contributed by atoms with van der Waals surface area (Å²) in [5.41, 5.74) is 0. The first-order valence-corrected chi connectivity index (χ1v) is 3.76. The molecule has 11 heavy (non-hydrogen) atoms. The fourth-order valence-electron chi connectivity index (χ4n) is 1.46. The molecule has 0 saturated carbocycles. The van der Waals surface area contributed by atoms with Crippen LogP contribution in [-0.4, -0.2) is 42.9 Å². The average Bonchev–Trinajstić information content (AvgIpc) is 2.76. The van der Waals surface area contributed by atoms with E-state index in [1.165, 1.54) is 0 Å². The van der Waals surface area contributed by atoms with Gasteiger partial charge in [0.05, 0.1) is 6.10 Å². The highest BCUT2D eigenvalue weighted by Crippen LogP contribution is 2.37. The van der Waals surface area contributed by atoms with Crippen molar-refractivity contribution in [2.75, 3.05) is 7.11 Å². The topological polar surface area (TPSA) is 51.2 Å². The minimum Gasteiger partial charge on any atom is -0.388 e. The van der Waals surface area contributed by atoms with Gasteiger partial charge in [-0.2, -0.15) is 0 Å². The first kappa shape index (κ1) is 7.49. The minimum atomic E-state index is -0.494. The van der Waals surface area contributed by atoms with E-state index in [1.54, 1.807) is 7.11 Å². The number of hydrogen-bond acceptors (Lipinski definition) is 4. The van der Waals surface area contributed by atoms with Crippen LogP contribution in [0, 0.1) is 0 Å². The summed E-state index contributed by atoms with van der Waals surface area (Å²) in [4.78, 5) is 0. The molecule has 0 aliphatic carbocycles. The molecular formula is C7H12O4. The van der Waals surface area contributed by atoms with Gasteiger partial charge in [-0.3, -0.25) is 0 Å². The van der Waals surface area contributed by atoms with Crippen LogP contribution in [0.5, 0.6) is 0 Å². The van der Waals surface area contributed by atoms with E-state index in [0.717, 1.165) is 0 Å². The van der Waals surface area contributed by atoms with E-state index in [1.807, 2.05) is 6.92 Å². The summed E-state index contributed by atoms with van der Waals surface area (Å²) in [6.45, 7) is 1.81. The van der Waals surface area contributed by atoms with Crippen LogP contribution in [-0.2, 0) is 14.2 Å². The Labute approximate surface area is 65.1 Å². The second kappa shape index (κ2) is 2.42. The molecule has 0 amide bonds. The fourth-order valence-corrected chi connectivity index (χ4v) is 1.46. The summed E-state index contributed by atoms with van der Waals surface area (Å²) in [5.74, 6) is 0. The number of methoxy groups -OCH3 is 1. The van der Waals surface area contributed by atoms with Crippen molar-refractivity contribution in [2.45, 2.75) is 37.6 Å². The monoisotopic (exact) mass is 160 g/mol. The lowest BCUT2D eigenvalue weighted by molar-refractivity contribution is -0.193. The van der Waals surface area contributed by atoms with Crippen LogP contribution in [0.1, 0.15) is 6.92 Å². The standard InChI is InChI=1S/C7H12O4/c1-3-4(8)5-6(11-5)7(9-2)10-3/h3-8H,1-2H3/t3-,4-,5+,6+,7+/m0/s1. The second-order valence-corrected chi connectivity index (χ2v) is 3.00. The van der Waals surface area contributed by atoms with Gasteiger partial charge in [-0.25, -0.2) is 0 Å². The van der Waals surface area contributed by atoms with Gasteiger partial charge in [-0.05, 0) is 6.92 Å². The van der Waals surface area contributed by atoms with Gasteiger partial charge in [0.25, 0.3) is 0 Å². The van der Waals surface area contributed by atoms with Crippen LogP contribution >= 0.6 is 0 Å². The highest BCUT2D eigenvalue weighted by Gasteiger charge is 2.56. The lowest BCUT2D eigenvalue weighted by atomic mass is 10.1. The van der Waals surface area contributed by atoms with E-state index in [9.17, 15) is 5.11 Å². The van der Waals surface area contributed by atoms with E-state index in [0.29, 0.717) is 0 Å². The van der Waals surface area contributed by atoms with Gasteiger partial charge in [0.1, 0.15) is 18.3 Å². The van der Waals surface area contributed by atoms with E-state index < -0.39 is 6.10 Å². The van der Waals surface area contributed by atoms with Gasteiger partial charge in [0.15, 0.2) is 6.29 Å². The molecule has 2 saturated heterocycles. The Morgan fingerprint density at radius 3 is 2.64 bits per heavy atom. The highest BCUT2D eigenvalue weighted by molar-refractivity contribution is 4.99. The first-order valence-electron chi connectivity index (χ1n) is 3.76. The molecule has 0 spiro atoms. The molecule has 1 N–H and O–H groups in total. The molecule has 0 unspecified atom stereocenters. The molecule has 4 heteroatoms. The van der Waals surface area contributed by atoms with E-state index >= 15 is 0 Å². The van der Waals surface area contributed by atoms with Crippen molar-refractivity contribution >= 4 is 0 Å². The van der Waals surface area contributed by atoms with Gasteiger partial charge >= 0.3 is 0 Å². The molecule has 2 fully saturated rings. The van der Waals surface area contributed by atoms with Crippen LogP contribution in [0.25, 0.3) is 0 Å². The van der Waals surface area contributed by atoms with Crippen LogP contribution in [0.15, 0.2) is 0 Å². The van der Waals surface area contributed by atoms with E-state index in [-0.39, 0.29) is 24.6 Å². The molecule has 2 rings (SSSR count). The zero-order valence-corrected chi connectivity index (χ0v) is 6.56. The molecule has 2 heterocycles. The van der Waals surface area contributed by atoms with Crippen LogP contribution in [0.3, 0.4) is 0 Å². The Balaban J connectivity index is 2.02. The number of epoxide rings is 1. The normalized spacial score (nSPS) is 55.4.